The van der Waals surface area contributed by atoms with Gasteiger partial charge < -0.3 is 5.11 Å². The highest BCUT2D eigenvalue weighted by molar-refractivity contribution is 5.91. The monoisotopic (exact) mass is 348 g/mol. The van der Waals surface area contributed by atoms with Gasteiger partial charge in [0.25, 0.3) is 0 Å². The first-order valence-corrected chi connectivity index (χ1v) is 9.82. The molecule has 3 saturated carbocycles. The zero-order valence-electron chi connectivity index (χ0n) is 15.3. The van der Waals surface area contributed by atoms with E-state index in [4.69, 9.17) is 0 Å². The quantitative estimate of drug-likeness (QED) is 0.826. The lowest BCUT2D eigenvalue weighted by Crippen LogP contribution is -2.61. The lowest BCUT2D eigenvalue weighted by molar-refractivity contribution is -0.154. The number of alkyl halides is 1. The van der Waals surface area contributed by atoms with E-state index in [9.17, 15) is 14.7 Å². The van der Waals surface area contributed by atoms with Crippen LogP contribution in [-0.2, 0) is 9.59 Å². The minimum atomic E-state index is -1.26. The van der Waals surface area contributed by atoms with Gasteiger partial charge in [0.15, 0.2) is 11.6 Å². The Bertz CT molecular complexity index is 656. The molecular formula is C21H29FO3. The number of aliphatic hydroxyl groups excluding tert-OH is 1. The molecule has 0 heterocycles. The maximum atomic E-state index is 16.6. The molecule has 25 heavy (non-hydrogen) atoms. The second kappa shape index (κ2) is 5.48. The van der Waals surface area contributed by atoms with Crippen LogP contribution in [0.15, 0.2) is 11.6 Å². The molecule has 0 spiro atoms. The molecule has 3 nitrogen and oxygen atoms in total. The third-order valence-corrected chi connectivity index (χ3v) is 8.61. The number of fused-ring (bicyclic) bond motifs is 5. The van der Waals surface area contributed by atoms with Crippen molar-refractivity contribution in [1.29, 1.82) is 0 Å². The molecular weight excluding hydrogens is 319 g/mol. The van der Waals surface area contributed by atoms with Gasteiger partial charge in [0, 0.05) is 17.8 Å². The van der Waals surface area contributed by atoms with Crippen molar-refractivity contribution in [1.82, 2.24) is 0 Å². The van der Waals surface area contributed by atoms with Crippen LogP contribution in [-0.4, -0.2) is 28.9 Å². The van der Waals surface area contributed by atoms with Gasteiger partial charge in [-0.2, -0.15) is 0 Å². The molecule has 4 rings (SSSR count). The second-order valence-electron chi connectivity index (χ2n) is 9.34. The van der Waals surface area contributed by atoms with Gasteiger partial charge in [0.2, 0.25) is 0 Å². The van der Waals surface area contributed by atoms with Crippen molar-refractivity contribution in [3.8, 4) is 0 Å². The maximum absolute atomic E-state index is 16.6. The van der Waals surface area contributed by atoms with E-state index in [1.54, 1.807) is 6.08 Å². The van der Waals surface area contributed by atoms with E-state index >= 15 is 4.39 Å². The Kier molecular flexibility index (Phi) is 3.81. The summed E-state index contributed by atoms with van der Waals surface area (Å²) in [5.41, 5.74) is -0.946. The third kappa shape index (κ3) is 2.12. The Labute approximate surface area is 149 Å². The number of Topliss-reactive ketones (excluding diaryl/α,β-unsaturated/α-hetero) is 1. The van der Waals surface area contributed by atoms with E-state index in [0.717, 1.165) is 31.3 Å². The largest absolute Gasteiger partial charge is 0.389 e. The highest BCUT2D eigenvalue weighted by Crippen LogP contribution is 2.69. The fourth-order valence-corrected chi connectivity index (χ4v) is 7.09. The summed E-state index contributed by atoms with van der Waals surface area (Å²) >= 11 is 0. The Morgan fingerprint density at radius 2 is 1.92 bits per heavy atom. The number of allylic oxidation sites excluding steroid dienone is 1. The van der Waals surface area contributed by atoms with E-state index in [1.807, 2.05) is 6.92 Å². The molecule has 0 saturated heterocycles. The minimum Gasteiger partial charge on any atom is -0.389 e. The Morgan fingerprint density at radius 3 is 2.64 bits per heavy atom. The van der Waals surface area contributed by atoms with Crippen molar-refractivity contribution in [2.75, 3.05) is 6.61 Å². The number of aliphatic hydroxyl groups is 1. The average molecular weight is 348 g/mol. The fourth-order valence-electron chi connectivity index (χ4n) is 7.09. The molecule has 3 fully saturated rings. The first kappa shape index (κ1) is 17.4. The van der Waals surface area contributed by atoms with E-state index in [1.165, 1.54) is 0 Å². The van der Waals surface area contributed by atoms with Crippen molar-refractivity contribution < 1.29 is 19.1 Å². The van der Waals surface area contributed by atoms with Gasteiger partial charge in [-0.25, -0.2) is 4.39 Å². The standard InChI is InChI=1S/C21H29FO3/c1-19-9-10-21(22)16(15(19)5-6-17(19)18(25)12-23)4-3-13-11-14(24)7-8-20(13,21)2/h11,15-17,23H,3-10,12H2,1-2H3/t15-,16-,17+,19-,20-,21?/m0/s1. The first-order chi connectivity index (χ1) is 11.8. The average Bonchev–Trinajstić information content (AvgIpc) is 2.93. The van der Waals surface area contributed by atoms with Crippen LogP contribution >= 0.6 is 0 Å². The van der Waals surface area contributed by atoms with Gasteiger partial charge in [0.1, 0.15) is 12.3 Å². The molecule has 0 bridgehead atoms. The Hall–Kier alpha value is -1.03. The SMILES string of the molecule is C[C@]12CCC3(F)[C@@H](CCC4=CC(=O)CC[C@@]43C)[C@@H]1CC[C@@H]2C(=O)CO. The lowest BCUT2D eigenvalue weighted by atomic mass is 9.45. The van der Waals surface area contributed by atoms with Crippen LogP contribution in [0.1, 0.15) is 65.2 Å². The summed E-state index contributed by atoms with van der Waals surface area (Å²) in [5.74, 6) is 0.137. The van der Waals surface area contributed by atoms with Crippen LogP contribution < -0.4 is 0 Å². The Morgan fingerprint density at radius 1 is 1.16 bits per heavy atom. The summed E-state index contributed by atoms with van der Waals surface area (Å²) in [7, 11) is 0. The summed E-state index contributed by atoms with van der Waals surface area (Å²) in [4.78, 5) is 24.1. The maximum Gasteiger partial charge on any atom is 0.161 e. The smallest absolute Gasteiger partial charge is 0.161 e. The number of hydrogen-bond donors (Lipinski definition) is 1. The molecule has 138 valence electrons. The fraction of sp³-hybridized carbons (Fsp3) is 0.810. The molecule has 0 radical (unpaired) electrons. The molecule has 0 aromatic rings. The zero-order chi connectivity index (χ0) is 18.0. The first-order valence-electron chi connectivity index (χ1n) is 9.82. The predicted molar refractivity (Wildman–Crippen MR) is 92.6 cm³/mol. The molecule has 4 aliphatic rings. The summed E-state index contributed by atoms with van der Waals surface area (Å²) in [6.07, 6.45) is 7.23. The number of carbonyl (C=O) groups excluding carboxylic acids is 2. The minimum absolute atomic E-state index is 0.0295. The van der Waals surface area contributed by atoms with Crippen molar-refractivity contribution in [2.24, 2.45) is 28.6 Å². The van der Waals surface area contributed by atoms with E-state index in [-0.39, 0.29) is 34.7 Å². The number of carbonyl (C=O) groups is 2. The predicted octanol–water partition coefficient (Wildman–Crippen LogP) is 3.79. The van der Waals surface area contributed by atoms with E-state index < -0.39 is 17.7 Å². The van der Waals surface area contributed by atoms with Gasteiger partial charge in [-0.15, -0.1) is 0 Å². The number of ketones is 2. The molecule has 4 aliphatic carbocycles. The summed E-state index contributed by atoms with van der Waals surface area (Å²) in [6, 6.07) is 0. The van der Waals surface area contributed by atoms with Crippen LogP contribution in [0.4, 0.5) is 4.39 Å². The Balaban J connectivity index is 1.71. The molecule has 4 heteroatoms. The highest BCUT2D eigenvalue weighted by Gasteiger charge is 2.67. The van der Waals surface area contributed by atoms with Gasteiger partial charge >= 0.3 is 0 Å². The molecule has 0 aromatic heterocycles. The number of rotatable bonds is 2. The van der Waals surface area contributed by atoms with Crippen LogP contribution in [0.3, 0.4) is 0 Å². The van der Waals surface area contributed by atoms with Crippen LogP contribution in [0, 0.1) is 28.6 Å². The summed E-state index contributed by atoms with van der Waals surface area (Å²) in [6.45, 7) is 3.79. The van der Waals surface area contributed by atoms with Crippen LogP contribution in [0.25, 0.3) is 0 Å². The molecule has 6 atom stereocenters. The van der Waals surface area contributed by atoms with Crippen molar-refractivity contribution >= 4 is 11.6 Å². The normalized spacial score (nSPS) is 49.0. The van der Waals surface area contributed by atoms with Gasteiger partial charge in [-0.1, -0.05) is 19.4 Å². The van der Waals surface area contributed by atoms with Crippen molar-refractivity contribution in [3.05, 3.63) is 11.6 Å². The summed E-state index contributed by atoms with van der Waals surface area (Å²) in [5, 5.41) is 9.34. The van der Waals surface area contributed by atoms with Crippen molar-refractivity contribution in [2.45, 2.75) is 70.9 Å². The van der Waals surface area contributed by atoms with Gasteiger partial charge in [-0.05, 0) is 68.3 Å². The summed E-state index contributed by atoms with van der Waals surface area (Å²) < 4.78 is 16.6. The van der Waals surface area contributed by atoms with Gasteiger partial charge in [0.05, 0.1) is 0 Å². The molecule has 1 unspecified atom stereocenters. The molecule has 0 aliphatic heterocycles. The van der Waals surface area contributed by atoms with E-state index in [0.29, 0.717) is 25.7 Å². The molecule has 0 aromatic carbocycles. The number of halogens is 1. The van der Waals surface area contributed by atoms with E-state index in [2.05, 4.69) is 6.92 Å². The van der Waals surface area contributed by atoms with Gasteiger partial charge in [-0.3, -0.25) is 9.59 Å². The van der Waals surface area contributed by atoms with Crippen LogP contribution in [0.5, 0.6) is 0 Å². The molecule has 0 amide bonds. The third-order valence-electron chi connectivity index (χ3n) is 8.61. The number of hydrogen-bond acceptors (Lipinski definition) is 3. The van der Waals surface area contributed by atoms with Crippen molar-refractivity contribution in [3.63, 3.8) is 0 Å². The second-order valence-corrected chi connectivity index (χ2v) is 9.34. The zero-order valence-corrected chi connectivity index (χ0v) is 15.3. The highest BCUT2D eigenvalue weighted by atomic mass is 19.1. The topological polar surface area (TPSA) is 54.4 Å². The van der Waals surface area contributed by atoms with Crippen LogP contribution in [0.2, 0.25) is 0 Å². The lowest BCUT2D eigenvalue weighted by Gasteiger charge is -2.61. The molecule has 1 N–H and O–H groups in total.